The number of nitrogens with one attached hydrogen (secondary N) is 1. The van der Waals surface area contributed by atoms with Crippen LogP contribution in [0.5, 0.6) is 0 Å². The summed E-state index contributed by atoms with van der Waals surface area (Å²) in [6.07, 6.45) is 9.19. The lowest BCUT2D eigenvalue weighted by molar-refractivity contribution is -0.130. The zero-order valence-corrected chi connectivity index (χ0v) is 25.0. The molecular formula is C32H32N8O4. The molecule has 0 aromatic carbocycles. The van der Waals surface area contributed by atoms with Crippen LogP contribution in [0.2, 0.25) is 0 Å². The highest BCUT2D eigenvalue weighted by Crippen LogP contribution is 2.37. The van der Waals surface area contributed by atoms with Crippen molar-refractivity contribution in [3.05, 3.63) is 92.3 Å². The molecule has 12 heteroatoms. The molecule has 0 unspecified atom stereocenters. The molecule has 0 bridgehead atoms. The Hall–Kier alpha value is -5.26. The van der Waals surface area contributed by atoms with E-state index >= 15 is 0 Å². The van der Waals surface area contributed by atoms with E-state index in [9.17, 15) is 19.2 Å². The monoisotopic (exact) mass is 592 g/mol. The number of rotatable bonds is 5. The van der Waals surface area contributed by atoms with Crippen molar-refractivity contribution in [2.24, 2.45) is 12.5 Å². The highest BCUT2D eigenvalue weighted by atomic mass is 16.2. The number of nitrogens with zero attached hydrogens (tertiary/aromatic N) is 7. The molecule has 44 heavy (non-hydrogen) atoms. The maximum Gasteiger partial charge on any atom is 0.280 e. The second kappa shape index (κ2) is 9.90. The Balaban J connectivity index is 1.27. The van der Waals surface area contributed by atoms with E-state index < -0.39 is 0 Å². The van der Waals surface area contributed by atoms with Crippen molar-refractivity contribution in [2.45, 2.75) is 46.7 Å². The molecule has 0 radical (unpaired) electrons. The van der Waals surface area contributed by atoms with Gasteiger partial charge < -0.3 is 19.2 Å². The second-order valence-electron chi connectivity index (χ2n) is 12.4. The van der Waals surface area contributed by atoms with E-state index in [1.807, 2.05) is 27.4 Å². The number of aldehydes is 1. The van der Waals surface area contributed by atoms with Gasteiger partial charge in [-0.05, 0) is 47.6 Å². The first-order chi connectivity index (χ1) is 21.0. The number of aryl methyl sites for hydroxylation is 1. The van der Waals surface area contributed by atoms with E-state index in [1.165, 1.54) is 14.7 Å². The first-order valence-electron chi connectivity index (χ1n) is 14.5. The van der Waals surface area contributed by atoms with Gasteiger partial charge >= 0.3 is 0 Å². The normalized spacial score (nSPS) is 15.3. The van der Waals surface area contributed by atoms with Gasteiger partial charge in [-0.2, -0.15) is 5.10 Å². The molecule has 224 valence electrons. The van der Waals surface area contributed by atoms with Gasteiger partial charge in [0.15, 0.2) is 17.9 Å². The molecule has 0 atom stereocenters. The quantitative estimate of drug-likeness (QED) is 0.311. The van der Waals surface area contributed by atoms with Crippen LogP contribution >= 0.6 is 0 Å². The van der Waals surface area contributed by atoms with Gasteiger partial charge in [0.05, 0.1) is 24.3 Å². The molecule has 2 aliphatic rings. The predicted octanol–water partition coefficient (Wildman–Crippen LogP) is 3.09. The lowest BCUT2D eigenvalue weighted by atomic mass is 9.90. The number of carbonyl (C=O) groups is 2. The zero-order chi connectivity index (χ0) is 30.9. The highest BCUT2D eigenvalue weighted by Gasteiger charge is 2.32. The number of fused-ring (bicyclic) bond motifs is 4. The Bertz CT molecular complexity index is 2130. The fourth-order valence-corrected chi connectivity index (χ4v) is 6.53. The van der Waals surface area contributed by atoms with Gasteiger partial charge in [0.25, 0.3) is 11.1 Å². The molecule has 6 heterocycles. The van der Waals surface area contributed by atoms with Crippen molar-refractivity contribution in [3.63, 3.8) is 0 Å². The Kier molecular flexibility index (Phi) is 6.20. The van der Waals surface area contributed by atoms with Crippen LogP contribution in [0.1, 0.15) is 48.1 Å². The van der Waals surface area contributed by atoms with E-state index in [1.54, 1.807) is 49.6 Å². The van der Waals surface area contributed by atoms with Gasteiger partial charge in [-0.15, -0.1) is 0 Å². The number of amides is 1. The van der Waals surface area contributed by atoms with Crippen LogP contribution in [0.4, 0.5) is 11.5 Å². The van der Waals surface area contributed by atoms with Crippen molar-refractivity contribution in [3.8, 4) is 16.9 Å². The van der Waals surface area contributed by atoms with Crippen LogP contribution in [0.15, 0.2) is 58.6 Å². The third-order valence-corrected chi connectivity index (χ3v) is 8.67. The van der Waals surface area contributed by atoms with Crippen molar-refractivity contribution < 1.29 is 9.59 Å². The Labute approximate surface area is 252 Å². The van der Waals surface area contributed by atoms with E-state index in [-0.39, 0.29) is 39.5 Å². The van der Waals surface area contributed by atoms with E-state index in [2.05, 4.69) is 29.2 Å². The summed E-state index contributed by atoms with van der Waals surface area (Å²) < 4.78 is 6.61. The number of hydrogen-bond acceptors (Lipinski definition) is 7. The van der Waals surface area contributed by atoms with E-state index in [0.29, 0.717) is 48.4 Å². The minimum Gasteiger partial charge on any atom is -0.335 e. The average Bonchev–Trinajstić information content (AvgIpc) is 3.64. The number of carbonyl (C=O) groups excluding carboxylic acids is 2. The van der Waals surface area contributed by atoms with Gasteiger partial charge in [0, 0.05) is 62.6 Å². The molecule has 1 aliphatic heterocycles. The Morgan fingerprint density at radius 1 is 1.07 bits per heavy atom. The molecule has 1 N–H and O–H groups in total. The summed E-state index contributed by atoms with van der Waals surface area (Å²) in [4.78, 5) is 57.5. The fraction of sp³-hybridized carbons (Fsp3) is 0.312. The highest BCUT2D eigenvalue weighted by molar-refractivity contribution is 5.91. The summed E-state index contributed by atoms with van der Waals surface area (Å²) in [6.45, 7) is 7.56. The van der Waals surface area contributed by atoms with Gasteiger partial charge in [0.1, 0.15) is 11.2 Å². The van der Waals surface area contributed by atoms with Gasteiger partial charge in [0.2, 0.25) is 5.91 Å². The Morgan fingerprint density at radius 3 is 2.66 bits per heavy atom. The predicted molar refractivity (Wildman–Crippen MR) is 165 cm³/mol. The molecule has 7 rings (SSSR count). The molecule has 1 amide bonds. The van der Waals surface area contributed by atoms with Gasteiger partial charge in [-0.25, -0.2) is 4.98 Å². The molecule has 5 aromatic rings. The Morgan fingerprint density at radius 2 is 1.89 bits per heavy atom. The minimum absolute atomic E-state index is 0.000326. The summed E-state index contributed by atoms with van der Waals surface area (Å²) in [7, 11) is 1.63. The maximum absolute atomic E-state index is 13.7. The molecular weight excluding hydrogens is 560 g/mol. The minimum atomic E-state index is -0.279. The van der Waals surface area contributed by atoms with Gasteiger partial charge in [-0.1, -0.05) is 13.8 Å². The van der Waals surface area contributed by atoms with Crippen LogP contribution in [-0.4, -0.2) is 51.9 Å². The van der Waals surface area contributed by atoms with Crippen molar-refractivity contribution in [2.75, 3.05) is 11.9 Å². The van der Waals surface area contributed by atoms with Gasteiger partial charge in [-0.3, -0.25) is 28.4 Å². The summed E-state index contributed by atoms with van der Waals surface area (Å²) in [5, 5.41) is 7.71. The number of pyridine rings is 2. The smallest absolute Gasteiger partial charge is 0.280 e. The van der Waals surface area contributed by atoms with E-state index in [0.717, 1.165) is 24.2 Å². The second-order valence-corrected chi connectivity index (χ2v) is 12.4. The zero-order valence-electron chi connectivity index (χ0n) is 25.0. The molecule has 0 spiro atoms. The van der Waals surface area contributed by atoms with Crippen LogP contribution < -0.4 is 16.4 Å². The first kappa shape index (κ1) is 27.6. The number of hydrogen-bond donors (Lipinski definition) is 1. The van der Waals surface area contributed by atoms with Crippen LogP contribution in [0.3, 0.4) is 0 Å². The third kappa shape index (κ3) is 4.45. The molecule has 5 aromatic heterocycles. The third-order valence-electron chi connectivity index (χ3n) is 8.67. The standard InChI is InChI=1S/C32H32N8O4/c1-19(42)37-7-10-40-22(17-37)13-28(35-40)34-25-11-21(16-36(4)30(25)43)23-5-6-33-29(24(23)18-41)39-9-8-38-26(31(39)44)12-20-14-32(2,3)15-27(20)38/h5-6,8-9,11-13,16,18H,7,10,14-15,17H2,1-4H3,(H,34,35). The summed E-state index contributed by atoms with van der Waals surface area (Å²) in [6, 6.07) is 7.13. The lowest BCUT2D eigenvalue weighted by Crippen LogP contribution is -2.36. The summed E-state index contributed by atoms with van der Waals surface area (Å²) >= 11 is 0. The first-order valence-corrected chi connectivity index (χ1v) is 14.5. The van der Waals surface area contributed by atoms with Crippen LogP contribution in [0, 0.1) is 5.41 Å². The molecule has 0 fully saturated rings. The molecule has 1 aliphatic carbocycles. The topological polar surface area (TPSA) is 129 Å². The fourth-order valence-electron chi connectivity index (χ4n) is 6.53. The van der Waals surface area contributed by atoms with Crippen molar-refractivity contribution >= 4 is 29.2 Å². The average molecular weight is 593 g/mol. The molecule has 0 saturated carbocycles. The maximum atomic E-state index is 13.7. The SMILES string of the molecule is CC(=O)N1CCn2nc(Nc3cc(-c4ccnc(-n5ccn6c7c(cc6c5=O)CC(C)(C)C7)c4C=O)cn(C)c3=O)cc2C1. The van der Waals surface area contributed by atoms with E-state index in [4.69, 9.17) is 0 Å². The largest absolute Gasteiger partial charge is 0.335 e. The lowest BCUT2D eigenvalue weighted by Gasteiger charge is -2.26. The van der Waals surface area contributed by atoms with Crippen LogP contribution in [-0.2, 0) is 37.8 Å². The van der Waals surface area contributed by atoms with Crippen molar-refractivity contribution in [1.29, 1.82) is 0 Å². The van der Waals surface area contributed by atoms with Crippen molar-refractivity contribution in [1.82, 2.24) is 33.2 Å². The molecule has 0 saturated heterocycles. The summed E-state index contributed by atoms with van der Waals surface area (Å²) in [5.74, 6) is 0.694. The number of aromatic nitrogens is 6. The van der Waals surface area contributed by atoms with Crippen LogP contribution in [0.25, 0.3) is 22.5 Å². The molecule has 12 nitrogen and oxygen atoms in total. The summed E-state index contributed by atoms with van der Waals surface area (Å²) in [5.41, 5.74) is 4.94. The number of anilines is 2.